The van der Waals surface area contributed by atoms with Crippen molar-refractivity contribution in [2.24, 2.45) is 0 Å². The standard InChI is InChI=1S/C21H21F2N3O2S/c1-26(2)17(19-14(22)8-6-9-15(19)23)11-24-20(27)16-12-29-21(25-16)13-7-4-5-10-18(13)28-3/h4-10,12,17H,11H2,1-3H3,(H,24,27). The highest BCUT2D eigenvalue weighted by molar-refractivity contribution is 7.13. The Morgan fingerprint density at radius 1 is 1.17 bits per heavy atom. The van der Waals surface area contributed by atoms with E-state index in [0.717, 1.165) is 5.56 Å². The number of carbonyl (C=O) groups is 1. The largest absolute Gasteiger partial charge is 0.496 e. The third kappa shape index (κ3) is 4.60. The van der Waals surface area contributed by atoms with Crippen molar-refractivity contribution in [1.29, 1.82) is 0 Å². The molecule has 0 fully saturated rings. The molecule has 0 radical (unpaired) electrons. The number of likely N-dealkylation sites (N-methyl/N-ethyl adjacent to an activating group) is 1. The predicted molar refractivity (Wildman–Crippen MR) is 109 cm³/mol. The molecule has 1 unspecified atom stereocenters. The fraction of sp³-hybridized carbons (Fsp3) is 0.238. The zero-order valence-electron chi connectivity index (χ0n) is 16.3. The van der Waals surface area contributed by atoms with Crippen LogP contribution in [0, 0.1) is 11.6 Å². The fourth-order valence-corrected chi connectivity index (χ4v) is 3.80. The molecule has 152 valence electrons. The number of halogens is 2. The number of carbonyl (C=O) groups excluding carboxylic acids is 1. The minimum absolute atomic E-state index is 0.0329. The van der Waals surface area contributed by atoms with E-state index in [-0.39, 0.29) is 17.8 Å². The van der Waals surface area contributed by atoms with Gasteiger partial charge in [-0.1, -0.05) is 18.2 Å². The maximum absolute atomic E-state index is 14.2. The van der Waals surface area contributed by atoms with Crippen molar-refractivity contribution >= 4 is 17.2 Å². The van der Waals surface area contributed by atoms with Crippen molar-refractivity contribution in [1.82, 2.24) is 15.2 Å². The molecule has 0 aliphatic rings. The first kappa shape index (κ1) is 20.9. The summed E-state index contributed by atoms with van der Waals surface area (Å²) < 4.78 is 33.7. The van der Waals surface area contributed by atoms with Crippen LogP contribution in [0.25, 0.3) is 10.6 Å². The zero-order chi connectivity index (χ0) is 21.0. The number of benzene rings is 2. The smallest absolute Gasteiger partial charge is 0.270 e. The number of hydrogen-bond acceptors (Lipinski definition) is 5. The lowest BCUT2D eigenvalue weighted by Crippen LogP contribution is -2.35. The van der Waals surface area contributed by atoms with E-state index in [9.17, 15) is 13.6 Å². The summed E-state index contributed by atoms with van der Waals surface area (Å²) in [7, 11) is 4.97. The maximum atomic E-state index is 14.2. The van der Waals surface area contributed by atoms with Gasteiger partial charge in [0, 0.05) is 17.5 Å². The van der Waals surface area contributed by atoms with Crippen molar-refractivity contribution in [3.63, 3.8) is 0 Å². The Labute approximate surface area is 172 Å². The number of para-hydroxylation sites is 1. The highest BCUT2D eigenvalue weighted by Gasteiger charge is 2.23. The van der Waals surface area contributed by atoms with E-state index in [0.29, 0.717) is 10.8 Å². The van der Waals surface area contributed by atoms with Crippen LogP contribution >= 0.6 is 11.3 Å². The molecule has 1 atom stereocenters. The van der Waals surface area contributed by atoms with Gasteiger partial charge in [0.05, 0.1) is 18.7 Å². The average Bonchev–Trinajstić information content (AvgIpc) is 3.19. The summed E-state index contributed by atoms with van der Waals surface area (Å²) in [5, 5.41) is 5.02. The number of nitrogens with one attached hydrogen (secondary N) is 1. The number of thiazole rings is 1. The normalized spacial score (nSPS) is 12.1. The minimum atomic E-state index is -0.660. The second kappa shape index (κ2) is 9.11. The Morgan fingerprint density at radius 3 is 2.52 bits per heavy atom. The van der Waals surface area contributed by atoms with Crippen LogP contribution in [-0.4, -0.2) is 43.5 Å². The molecule has 2 aromatic carbocycles. The topological polar surface area (TPSA) is 54.5 Å². The van der Waals surface area contributed by atoms with Crippen LogP contribution in [0.2, 0.25) is 0 Å². The number of nitrogens with zero attached hydrogens (tertiary/aromatic N) is 2. The molecule has 0 aliphatic heterocycles. The molecule has 8 heteroatoms. The molecule has 3 aromatic rings. The summed E-state index contributed by atoms with van der Waals surface area (Å²) in [6.07, 6.45) is 0. The Kier molecular flexibility index (Phi) is 6.56. The summed E-state index contributed by atoms with van der Waals surface area (Å²) >= 11 is 1.32. The lowest BCUT2D eigenvalue weighted by molar-refractivity contribution is 0.0936. The molecule has 1 N–H and O–H groups in total. The second-order valence-electron chi connectivity index (χ2n) is 6.56. The number of ether oxygens (including phenoxy) is 1. The van der Waals surface area contributed by atoms with E-state index in [1.54, 1.807) is 31.5 Å². The predicted octanol–water partition coefficient (Wildman–Crippen LogP) is 4.13. The minimum Gasteiger partial charge on any atom is -0.496 e. The highest BCUT2D eigenvalue weighted by atomic mass is 32.1. The molecular formula is C21H21F2N3O2S. The number of rotatable bonds is 7. The van der Waals surface area contributed by atoms with Crippen LogP contribution in [0.1, 0.15) is 22.1 Å². The van der Waals surface area contributed by atoms with Crippen molar-refractivity contribution in [2.75, 3.05) is 27.7 Å². The Bertz CT molecular complexity index is 987. The summed E-state index contributed by atoms with van der Waals surface area (Å²) in [6, 6.07) is 10.5. The number of amides is 1. The number of aromatic nitrogens is 1. The van der Waals surface area contributed by atoms with Crippen LogP contribution in [0.3, 0.4) is 0 Å². The molecule has 0 aliphatic carbocycles. The van der Waals surface area contributed by atoms with Crippen LogP contribution in [-0.2, 0) is 0 Å². The Balaban J connectivity index is 1.76. The third-order valence-electron chi connectivity index (χ3n) is 4.49. The fourth-order valence-electron chi connectivity index (χ4n) is 2.97. The van der Waals surface area contributed by atoms with Gasteiger partial charge in [0.2, 0.25) is 0 Å². The van der Waals surface area contributed by atoms with Gasteiger partial charge in [-0.3, -0.25) is 4.79 Å². The van der Waals surface area contributed by atoms with Crippen LogP contribution in [0.5, 0.6) is 5.75 Å². The molecule has 0 bridgehead atoms. The van der Waals surface area contributed by atoms with Gasteiger partial charge in [-0.25, -0.2) is 13.8 Å². The van der Waals surface area contributed by atoms with Gasteiger partial charge in [-0.15, -0.1) is 11.3 Å². The molecule has 3 rings (SSSR count). The molecule has 0 spiro atoms. The van der Waals surface area contributed by atoms with Crippen molar-refractivity contribution in [3.05, 3.63) is 70.7 Å². The van der Waals surface area contributed by atoms with Crippen molar-refractivity contribution in [3.8, 4) is 16.3 Å². The van der Waals surface area contributed by atoms with E-state index < -0.39 is 23.6 Å². The third-order valence-corrected chi connectivity index (χ3v) is 5.36. The maximum Gasteiger partial charge on any atom is 0.270 e. The molecule has 1 heterocycles. The first-order valence-corrected chi connectivity index (χ1v) is 9.77. The molecule has 5 nitrogen and oxygen atoms in total. The van der Waals surface area contributed by atoms with Crippen molar-refractivity contribution < 1.29 is 18.3 Å². The Hall–Kier alpha value is -2.84. The summed E-state index contributed by atoms with van der Waals surface area (Å²) in [5.74, 6) is -1.04. The van der Waals surface area contributed by atoms with Gasteiger partial charge in [0.25, 0.3) is 5.91 Å². The van der Waals surface area contributed by atoms with Gasteiger partial charge in [-0.2, -0.15) is 0 Å². The monoisotopic (exact) mass is 417 g/mol. The van der Waals surface area contributed by atoms with E-state index in [2.05, 4.69) is 10.3 Å². The lowest BCUT2D eigenvalue weighted by Gasteiger charge is -2.25. The van der Waals surface area contributed by atoms with Crippen LogP contribution in [0.4, 0.5) is 8.78 Å². The van der Waals surface area contributed by atoms with E-state index in [4.69, 9.17) is 4.74 Å². The molecule has 0 saturated heterocycles. The summed E-state index contributed by atoms with van der Waals surface area (Å²) in [5.41, 5.74) is 0.951. The Morgan fingerprint density at radius 2 is 1.86 bits per heavy atom. The molecule has 0 saturated carbocycles. The van der Waals surface area contributed by atoms with Crippen LogP contribution in [0.15, 0.2) is 47.8 Å². The molecular weight excluding hydrogens is 396 g/mol. The van der Waals surface area contributed by atoms with Gasteiger partial charge in [0.1, 0.15) is 28.1 Å². The van der Waals surface area contributed by atoms with Crippen molar-refractivity contribution in [2.45, 2.75) is 6.04 Å². The molecule has 1 amide bonds. The zero-order valence-corrected chi connectivity index (χ0v) is 17.1. The average molecular weight is 417 g/mol. The summed E-state index contributed by atoms with van der Waals surface area (Å²) in [4.78, 5) is 18.6. The first-order chi connectivity index (χ1) is 13.9. The lowest BCUT2D eigenvalue weighted by atomic mass is 10.0. The van der Waals surface area contributed by atoms with E-state index in [1.807, 2.05) is 24.3 Å². The van der Waals surface area contributed by atoms with E-state index in [1.165, 1.54) is 29.5 Å². The van der Waals surface area contributed by atoms with Gasteiger partial charge < -0.3 is 15.0 Å². The number of hydrogen-bond donors (Lipinski definition) is 1. The molecule has 29 heavy (non-hydrogen) atoms. The SMILES string of the molecule is COc1ccccc1-c1nc(C(=O)NCC(c2c(F)cccc2F)N(C)C)cs1. The summed E-state index contributed by atoms with van der Waals surface area (Å²) in [6.45, 7) is 0.0329. The van der Waals surface area contributed by atoms with Gasteiger partial charge in [0.15, 0.2) is 0 Å². The van der Waals surface area contributed by atoms with E-state index >= 15 is 0 Å². The molecule has 1 aromatic heterocycles. The number of methoxy groups -OCH3 is 1. The highest BCUT2D eigenvalue weighted by Crippen LogP contribution is 2.32. The van der Waals surface area contributed by atoms with Gasteiger partial charge >= 0.3 is 0 Å². The first-order valence-electron chi connectivity index (χ1n) is 8.89. The van der Waals surface area contributed by atoms with Crippen LogP contribution < -0.4 is 10.1 Å². The van der Waals surface area contributed by atoms with Gasteiger partial charge in [-0.05, 0) is 38.4 Å². The quantitative estimate of drug-likeness (QED) is 0.628. The second-order valence-corrected chi connectivity index (χ2v) is 7.42.